The van der Waals surface area contributed by atoms with E-state index in [2.05, 4.69) is 20.8 Å². The first-order valence-electron chi connectivity index (χ1n) is 7.45. The standard InChI is InChI=1S/C16H21BrFNO/c17-15-9-14(18)5-4-12(15)10-19-8-7-16(20)6-2-1-3-13(16)11-19/h4-5,9,13,20H,1-3,6-8,10-11H2. The highest BCUT2D eigenvalue weighted by molar-refractivity contribution is 9.10. The molecule has 0 aromatic heterocycles. The van der Waals surface area contributed by atoms with Crippen LogP contribution in [0.2, 0.25) is 0 Å². The van der Waals surface area contributed by atoms with Gasteiger partial charge < -0.3 is 5.11 Å². The third-order valence-corrected chi connectivity index (χ3v) is 5.66. The smallest absolute Gasteiger partial charge is 0.124 e. The van der Waals surface area contributed by atoms with E-state index in [1.54, 1.807) is 0 Å². The summed E-state index contributed by atoms with van der Waals surface area (Å²) < 4.78 is 14.0. The lowest BCUT2D eigenvalue weighted by Gasteiger charge is -2.47. The molecule has 3 rings (SSSR count). The first-order valence-corrected chi connectivity index (χ1v) is 8.25. The zero-order valence-corrected chi connectivity index (χ0v) is 13.2. The fraction of sp³-hybridized carbons (Fsp3) is 0.625. The predicted octanol–water partition coefficient (Wildman–Crippen LogP) is 3.72. The van der Waals surface area contributed by atoms with Crippen molar-refractivity contribution in [1.82, 2.24) is 4.90 Å². The molecule has 2 unspecified atom stereocenters. The molecule has 0 radical (unpaired) electrons. The van der Waals surface area contributed by atoms with Crippen molar-refractivity contribution in [2.24, 2.45) is 5.92 Å². The number of piperidine rings is 1. The molecule has 1 heterocycles. The number of rotatable bonds is 2. The van der Waals surface area contributed by atoms with Crippen molar-refractivity contribution in [3.05, 3.63) is 34.1 Å². The van der Waals surface area contributed by atoms with E-state index in [0.29, 0.717) is 5.92 Å². The first-order chi connectivity index (χ1) is 9.57. The van der Waals surface area contributed by atoms with Gasteiger partial charge >= 0.3 is 0 Å². The summed E-state index contributed by atoms with van der Waals surface area (Å²) in [6, 6.07) is 4.89. The SMILES string of the molecule is OC12CCCCC1CN(Cc1ccc(F)cc1Br)CC2. The number of fused-ring (bicyclic) bond motifs is 1. The maximum atomic E-state index is 13.1. The van der Waals surface area contributed by atoms with Crippen LogP contribution in [-0.2, 0) is 6.54 Å². The van der Waals surface area contributed by atoms with E-state index < -0.39 is 5.60 Å². The van der Waals surface area contributed by atoms with E-state index in [-0.39, 0.29) is 5.82 Å². The van der Waals surface area contributed by atoms with Gasteiger partial charge in [-0.15, -0.1) is 0 Å². The summed E-state index contributed by atoms with van der Waals surface area (Å²) in [5.41, 5.74) is 0.696. The highest BCUT2D eigenvalue weighted by Crippen LogP contribution is 2.40. The van der Waals surface area contributed by atoms with Crippen molar-refractivity contribution >= 4 is 15.9 Å². The van der Waals surface area contributed by atoms with Crippen LogP contribution < -0.4 is 0 Å². The highest BCUT2D eigenvalue weighted by atomic mass is 79.9. The number of hydrogen-bond donors (Lipinski definition) is 1. The summed E-state index contributed by atoms with van der Waals surface area (Å²) >= 11 is 3.44. The van der Waals surface area contributed by atoms with Gasteiger partial charge in [0.25, 0.3) is 0 Å². The minimum Gasteiger partial charge on any atom is -0.390 e. The molecule has 1 aliphatic carbocycles. The van der Waals surface area contributed by atoms with Gasteiger partial charge in [0.1, 0.15) is 5.82 Å². The third-order valence-electron chi connectivity index (χ3n) is 4.92. The second kappa shape index (κ2) is 5.74. The fourth-order valence-electron chi connectivity index (χ4n) is 3.67. The average molecular weight is 342 g/mol. The molecule has 1 aromatic rings. The quantitative estimate of drug-likeness (QED) is 0.886. The van der Waals surface area contributed by atoms with Crippen LogP contribution in [0.3, 0.4) is 0 Å². The van der Waals surface area contributed by atoms with Gasteiger partial charge in [0.05, 0.1) is 5.60 Å². The minimum absolute atomic E-state index is 0.207. The largest absolute Gasteiger partial charge is 0.390 e. The van der Waals surface area contributed by atoms with Gasteiger partial charge in [0.2, 0.25) is 0 Å². The average Bonchev–Trinajstić information content (AvgIpc) is 2.42. The van der Waals surface area contributed by atoms with Crippen LogP contribution in [0.25, 0.3) is 0 Å². The Morgan fingerprint density at radius 2 is 2.20 bits per heavy atom. The lowest BCUT2D eigenvalue weighted by atomic mass is 9.71. The zero-order valence-electron chi connectivity index (χ0n) is 11.6. The molecule has 4 heteroatoms. The van der Waals surface area contributed by atoms with Crippen molar-refractivity contribution in [1.29, 1.82) is 0 Å². The number of hydrogen-bond acceptors (Lipinski definition) is 2. The molecule has 2 aliphatic rings. The predicted molar refractivity (Wildman–Crippen MR) is 80.9 cm³/mol. The second-order valence-corrected chi connectivity index (χ2v) is 7.12. The van der Waals surface area contributed by atoms with Crippen molar-refractivity contribution < 1.29 is 9.50 Å². The maximum absolute atomic E-state index is 13.1. The molecular weight excluding hydrogens is 321 g/mol. The van der Waals surface area contributed by atoms with E-state index in [4.69, 9.17) is 0 Å². The Kier molecular flexibility index (Phi) is 4.16. The van der Waals surface area contributed by atoms with Crippen LogP contribution in [0.1, 0.15) is 37.7 Å². The third kappa shape index (κ3) is 2.92. The van der Waals surface area contributed by atoms with E-state index in [0.717, 1.165) is 55.4 Å². The number of nitrogens with zero attached hydrogens (tertiary/aromatic N) is 1. The van der Waals surface area contributed by atoms with Crippen molar-refractivity contribution in [2.45, 2.75) is 44.2 Å². The molecule has 0 amide bonds. The summed E-state index contributed by atoms with van der Waals surface area (Å²) in [6.07, 6.45) is 5.37. The molecular formula is C16H21BrFNO. The summed E-state index contributed by atoms with van der Waals surface area (Å²) in [5.74, 6) is 0.199. The lowest BCUT2D eigenvalue weighted by molar-refractivity contribution is -0.0968. The van der Waals surface area contributed by atoms with Crippen LogP contribution in [0.4, 0.5) is 4.39 Å². The van der Waals surface area contributed by atoms with Gasteiger partial charge in [-0.2, -0.15) is 0 Å². The van der Waals surface area contributed by atoms with Crippen LogP contribution in [-0.4, -0.2) is 28.7 Å². The molecule has 0 bridgehead atoms. The topological polar surface area (TPSA) is 23.5 Å². The summed E-state index contributed by atoms with van der Waals surface area (Å²) in [7, 11) is 0. The van der Waals surface area contributed by atoms with Gasteiger partial charge in [-0.25, -0.2) is 4.39 Å². The minimum atomic E-state index is -0.422. The first kappa shape index (κ1) is 14.5. The van der Waals surface area contributed by atoms with Gasteiger partial charge in [-0.05, 0) is 37.0 Å². The van der Waals surface area contributed by atoms with Crippen molar-refractivity contribution in [3.63, 3.8) is 0 Å². The molecule has 20 heavy (non-hydrogen) atoms. The second-order valence-electron chi connectivity index (χ2n) is 6.27. The highest BCUT2D eigenvalue weighted by Gasteiger charge is 2.42. The van der Waals surface area contributed by atoms with E-state index >= 15 is 0 Å². The molecule has 1 N–H and O–H groups in total. The molecule has 1 saturated carbocycles. The fourth-order valence-corrected chi connectivity index (χ4v) is 4.15. The van der Waals surface area contributed by atoms with Crippen molar-refractivity contribution in [2.75, 3.05) is 13.1 Å². The zero-order chi connectivity index (χ0) is 14.2. The Bertz CT molecular complexity index is 495. The Hall–Kier alpha value is -0.450. The summed E-state index contributed by atoms with van der Waals surface area (Å²) in [6.45, 7) is 2.71. The Morgan fingerprint density at radius 1 is 1.35 bits per heavy atom. The molecule has 1 aromatic carbocycles. The molecule has 2 nitrogen and oxygen atoms in total. The van der Waals surface area contributed by atoms with E-state index in [1.807, 2.05) is 6.07 Å². The Labute approximate surface area is 128 Å². The summed E-state index contributed by atoms with van der Waals surface area (Å²) in [4.78, 5) is 2.39. The lowest BCUT2D eigenvalue weighted by Crippen LogP contribution is -2.52. The number of benzene rings is 1. The molecule has 0 spiro atoms. The monoisotopic (exact) mass is 341 g/mol. The van der Waals surface area contributed by atoms with E-state index in [9.17, 15) is 9.50 Å². The molecule has 2 fully saturated rings. The van der Waals surface area contributed by atoms with Crippen LogP contribution >= 0.6 is 15.9 Å². The number of halogens is 2. The Morgan fingerprint density at radius 3 is 3.00 bits per heavy atom. The molecule has 110 valence electrons. The van der Waals surface area contributed by atoms with Gasteiger partial charge in [-0.1, -0.05) is 34.8 Å². The molecule has 1 aliphatic heterocycles. The summed E-state index contributed by atoms with van der Waals surface area (Å²) in [5, 5.41) is 10.7. The Balaban J connectivity index is 1.67. The van der Waals surface area contributed by atoms with Gasteiger partial charge in [0, 0.05) is 30.0 Å². The number of aliphatic hydroxyl groups is 1. The number of likely N-dealkylation sites (tertiary alicyclic amines) is 1. The van der Waals surface area contributed by atoms with Crippen LogP contribution in [0, 0.1) is 11.7 Å². The van der Waals surface area contributed by atoms with Gasteiger partial charge in [0.15, 0.2) is 0 Å². The van der Waals surface area contributed by atoms with Gasteiger partial charge in [-0.3, -0.25) is 4.90 Å². The normalized spacial score (nSPS) is 31.1. The van der Waals surface area contributed by atoms with Crippen LogP contribution in [0.5, 0.6) is 0 Å². The van der Waals surface area contributed by atoms with Crippen molar-refractivity contribution in [3.8, 4) is 0 Å². The van der Waals surface area contributed by atoms with Crippen LogP contribution in [0.15, 0.2) is 22.7 Å². The maximum Gasteiger partial charge on any atom is 0.124 e. The van der Waals surface area contributed by atoms with E-state index in [1.165, 1.54) is 18.6 Å². The molecule has 1 saturated heterocycles. The molecule has 2 atom stereocenters.